The summed E-state index contributed by atoms with van der Waals surface area (Å²) in [5, 5.41) is 8.67. The van der Waals surface area contributed by atoms with Gasteiger partial charge in [-0.3, -0.25) is 4.79 Å². The van der Waals surface area contributed by atoms with Gasteiger partial charge in [0.15, 0.2) is 0 Å². The number of alkyl halides is 2. The molecule has 0 heterocycles. The van der Waals surface area contributed by atoms with Crippen molar-refractivity contribution in [2.24, 2.45) is 5.92 Å². The first kappa shape index (κ1) is 17.7. The van der Waals surface area contributed by atoms with Gasteiger partial charge in [0, 0.05) is 12.8 Å². The molecule has 0 spiro atoms. The van der Waals surface area contributed by atoms with Crippen LogP contribution in [0, 0.1) is 5.92 Å². The number of carboxylic acids is 1. The second kappa shape index (κ2) is 7.06. The standard InChI is InChI=1S/C14H17BrF2O4/c1-8(6-11(18)19)7-14(16,17)9-4-5-10(20-2)12(15)13(9)21-3/h4-5,8H,6-7H2,1-3H3,(H,18,19). The van der Waals surface area contributed by atoms with Gasteiger partial charge in [0.1, 0.15) is 16.0 Å². The molecular weight excluding hydrogens is 350 g/mol. The lowest BCUT2D eigenvalue weighted by atomic mass is 9.94. The molecule has 1 aromatic rings. The van der Waals surface area contributed by atoms with Crippen LogP contribution < -0.4 is 9.47 Å². The minimum Gasteiger partial charge on any atom is -0.495 e. The Kier molecular flexibility index (Phi) is 5.95. The van der Waals surface area contributed by atoms with E-state index in [0.29, 0.717) is 10.2 Å². The second-order valence-electron chi connectivity index (χ2n) is 4.77. The fourth-order valence-corrected chi connectivity index (χ4v) is 2.77. The Labute approximate surface area is 130 Å². The Morgan fingerprint density at radius 3 is 2.48 bits per heavy atom. The predicted octanol–water partition coefficient (Wildman–Crippen LogP) is 4.06. The van der Waals surface area contributed by atoms with Crippen molar-refractivity contribution in [3.8, 4) is 11.5 Å². The van der Waals surface area contributed by atoms with E-state index in [4.69, 9.17) is 14.6 Å². The number of methoxy groups -OCH3 is 2. The summed E-state index contributed by atoms with van der Waals surface area (Å²) in [5.74, 6) is -4.59. The molecule has 0 fully saturated rings. The van der Waals surface area contributed by atoms with E-state index in [9.17, 15) is 13.6 Å². The smallest absolute Gasteiger partial charge is 0.303 e. The molecule has 7 heteroatoms. The maximum Gasteiger partial charge on any atom is 0.303 e. The lowest BCUT2D eigenvalue weighted by Crippen LogP contribution is -2.20. The molecule has 0 aliphatic heterocycles. The molecule has 1 aromatic carbocycles. The molecule has 21 heavy (non-hydrogen) atoms. The Morgan fingerprint density at radius 2 is 2.00 bits per heavy atom. The van der Waals surface area contributed by atoms with Gasteiger partial charge in [0.2, 0.25) is 0 Å². The molecule has 0 saturated heterocycles. The molecule has 0 aromatic heterocycles. The minimum atomic E-state index is -3.20. The Morgan fingerprint density at radius 1 is 1.38 bits per heavy atom. The Bertz CT molecular complexity index is 520. The predicted molar refractivity (Wildman–Crippen MR) is 77.2 cm³/mol. The zero-order chi connectivity index (χ0) is 16.2. The van der Waals surface area contributed by atoms with E-state index >= 15 is 0 Å². The monoisotopic (exact) mass is 366 g/mol. The summed E-state index contributed by atoms with van der Waals surface area (Å²) < 4.78 is 39.2. The largest absolute Gasteiger partial charge is 0.495 e. The van der Waals surface area contributed by atoms with Crippen molar-refractivity contribution in [3.05, 3.63) is 22.2 Å². The molecule has 1 N–H and O–H groups in total. The van der Waals surface area contributed by atoms with Crippen LogP contribution in [0.4, 0.5) is 8.78 Å². The summed E-state index contributed by atoms with van der Waals surface area (Å²) in [4.78, 5) is 10.6. The first-order chi connectivity index (χ1) is 9.72. The van der Waals surface area contributed by atoms with Gasteiger partial charge in [-0.05, 0) is 34.0 Å². The number of rotatable bonds is 7. The normalized spacial score (nSPS) is 12.9. The van der Waals surface area contributed by atoms with Crippen LogP contribution in [0.5, 0.6) is 11.5 Å². The summed E-state index contributed by atoms with van der Waals surface area (Å²) in [6, 6.07) is 2.65. The van der Waals surface area contributed by atoms with Crippen molar-refractivity contribution in [2.75, 3.05) is 14.2 Å². The summed E-state index contributed by atoms with van der Waals surface area (Å²) in [5.41, 5.74) is -0.296. The number of benzene rings is 1. The highest BCUT2D eigenvalue weighted by molar-refractivity contribution is 9.10. The average Bonchev–Trinajstić information content (AvgIpc) is 2.36. The maximum atomic E-state index is 14.4. The molecule has 1 unspecified atom stereocenters. The molecule has 1 atom stereocenters. The highest BCUT2D eigenvalue weighted by Gasteiger charge is 2.38. The SMILES string of the molecule is COc1ccc(C(F)(F)CC(C)CC(=O)O)c(OC)c1Br. The summed E-state index contributed by atoms with van der Waals surface area (Å²) in [6.45, 7) is 1.48. The molecule has 0 aliphatic carbocycles. The van der Waals surface area contributed by atoms with E-state index in [2.05, 4.69) is 15.9 Å². The number of hydrogen-bond acceptors (Lipinski definition) is 3. The van der Waals surface area contributed by atoms with Crippen LogP contribution in [0.1, 0.15) is 25.3 Å². The van der Waals surface area contributed by atoms with Crippen LogP contribution in [-0.4, -0.2) is 25.3 Å². The number of carboxylic acid groups (broad SMARTS) is 1. The van der Waals surface area contributed by atoms with Gasteiger partial charge < -0.3 is 14.6 Å². The lowest BCUT2D eigenvalue weighted by molar-refractivity contribution is -0.138. The average molecular weight is 367 g/mol. The second-order valence-corrected chi connectivity index (χ2v) is 5.57. The Hall–Kier alpha value is -1.37. The van der Waals surface area contributed by atoms with Crippen molar-refractivity contribution in [2.45, 2.75) is 25.7 Å². The van der Waals surface area contributed by atoms with E-state index in [1.54, 1.807) is 0 Å². The van der Waals surface area contributed by atoms with Crippen LogP contribution in [0.3, 0.4) is 0 Å². The van der Waals surface area contributed by atoms with E-state index in [1.807, 2.05) is 0 Å². The first-order valence-electron chi connectivity index (χ1n) is 6.23. The van der Waals surface area contributed by atoms with Crippen LogP contribution in [0.25, 0.3) is 0 Å². The molecule has 1 rings (SSSR count). The van der Waals surface area contributed by atoms with Gasteiger partial charge in [-0.15, -0.1) is 0 Å². The van der Waals surface area contributed by atoms with Gasteiger partial charge in [-0.1, -0.05) is 6.92 Å². The van der Waals surface area contributed by atoms with Gasteiger partial charge in [0.25, 0.3) is 5.92 Å². The third kappa shape index (κ3) is 4.30. The number of aliphatic carboxylic acids is 1. The molecule has 0 bridgehead atoms. The Balaban J connectivity index is 3.13. The van der Waals surface area contributed by atoms with E-state index < -0.39 is 24.2 Å². The van der Waals surface area contributed by atoms with Crippen molar-refractivity contribution >= 4 is 21.9 Å². The zero-order valence-electron chi connectivity index (χ0n) is 12.0. The van der Waals surface area contributed by atoms with Gasteiger partial charge in [0.05, 0.1) is 19.8 Å². The van der Waals surface area contributed by atoms with Crippen LogP contribution >= 0.6 is 15.9 Å². The van der Waals surface area contributed by atoms with Crippen LogP contribution in [0.2, 0.25) is 0 Å². The maximum absolute atomic E-state index is 14.4. The fourth-order valence-electron chi connectivity index (χ4n) is 2.10. The number of hydrogen-bond donors (Lipinski definition) is 1. The molecule has 0 saturated carbocycles. The third-order valence-electron chi connectivity index (χ3n) is 3.01. The van der Waals surface area contributed by atoms with Crippen molar-refractivity contribution in [3.63, 3.8) is 0 Å². The summed E-state index contributed by atoms with van der Waals surface area (Å²) in [7, 11) is 2.71. The molecule has 118 valence electrons. The number of halogens is 3. The third-order valence-corrected chi connectivity index (χ3v) is 3.76. The topological polar surface area (TPSA) is 55.8 Å². The molecule has 4 nitrogen and oxygen atoms in total. The molecule has 0 radical (unpaired) electrons. The quantitative estimate of drug-likeness (QED) is 0.790. The van der Waals surface area contributed by atoms with Crippen LogP contribution in [-0.2, 0) is 10.7 Å². The summed E-state index contributed by atoms with van der Waals surface area (Å²) in [6.07, 6.45) is -0.885. The number of ether oxygens (including phenoxy) is 2. The van der Waals surface area contributed by atoms with E-state index in [0.717, 1.165) is 0 Å². The minimum absolute atomic E-state index is 0.0122. The van der Waals surface area contributed by atoms with Gasteiger partial charge in [-0.25, -0.2) is 8.78 Å². The lowest BCUT2D eigenvalue weighted by Gasteiger charge is -2.23. The van der Waals surface area contributed by atoms with Crippen LogP contribution in [0.15, 0.2) is 16.6 Å². The van der Waals surface area contributed by atoms with Crippen molar-refractivity contribution < 1.29 is 28.2 Å². The fraction of sp³-hybridized carbons (Fsp3) is 0.500. The zero-order valence-corrected chi connectivity index (χ0v) is 13.5. The highest BCUT2D eigenvalue weighted by Crippen LogP contribution is 2.46. The van der Waals surface area contributed by atoms with E-state index in [-0.39, 0.29) is 17.7 Å². The van der Waals surface area contributed by atoms with E-state index in [1.165, 1.54) is 33.3 Å². The van der Waals surface area contributed by atoms with Gasteiger partial charge in [-0.2, -0.15) is 0 Å². The molecule has 0 amide bonds. The first-order valence-corrected chi connectivity index (χ1v) is 7.02. The highest BCUT2D eigenvalue weighted by atomic mass is 79.9. The van der Waals surface area contributed by atoms with Gasteiger partial charge >= 0.3 is 5.97 Å². The van der Waals surface area contributed by atoms with Crippen molar-refractivity contribution in [1.29, 1.82) is 0 Å². The molecular formula is C14H17BrF2O4. The number of carbonyl (C=O) groups is 1. The summed E-state index contributed by atoms with van der Waals surface area (Å²) >= 11 is 3.17. The van der Waals surface area contributed by atoms with Crippen molar-refractivity contribution in [1.82, 2.24) is 0 Å². The molecule has 0 aliphatic rings.